The van der Waals surface area contributed by atoms with Crippen LogP contribution in [0, 0.1) is 11.3 Å². The maximum absolute atomic E-state index is 12.9. The summed E-state index contributed by atoms with van der Waals surface area (Å²) in [5.74, 6) is 0.558. The summed E-state index contributed by atoms with van der Waals surface area (Å²) in [6, 6.07) is 0.0935. The zero-order chi connectivity index (χ0) is 17.0. The molecule has 2 fully saturated rings. The Morgan fingerprint density at radius 1 is 1.46 bits per heavy atom. The molecular weight excluding hydrogens is 455 g/mol. The Bertz CT molecular complexity index is 517. The number of hydrogen-bond acceptors (Lipinski definition) is 3. The number of carbonyl (C=O) groups is 1. The number of hydrogen-bond donors (Lipinski definition) is 2. The van der Waals surface area contributed by atoms with E-state index in [1.165, 1.54) is 9.02 Å². The Kier molecular flexibility index (Phi) is 7.07. The first-order chi connectivity index (χ1) is 11.7. The van der Waals surface area contributed by atoms with Gasteiger partial charge in [-0.05, 0) is 50.0 Å². The zero-order valence-electron chi connectivity index (χ0n) is 14.1. The van der Waals surface area contributed by atoms with E-state index in [4.69, 9.17) is 4.74 Å². The third-order valence-electron chi connectivity index (χ3n) is 5.39. The summed E-state index contributed by atoms with van der Waals surface area (Å²) in [6.07, 6.45) is 4.39. The molecular formula is C16H28IN3O2P2. The van der Waals surface area contributed by atoms with Gasteiger partial charge in [-0.3, -0.25) is 4.90 Å². The van der Waals surface area contributed by atoms with Gasteiger partial charge >= 0.3 is 6.03 Å². The Morgan fingerprint density at radius 3 is 2.79 bits per heavy atom. The van der Waals surface area contributed by atoms with Crippen molar-refractivity contribution in [2.75, 3.05) is 39.4 Å². The summed E-state index contributed by atoms with van der Waals surface area (Å²) >= 11 is -0.348. The van der Waals surface area contributed by atoms with Crippen molar-refractivity contribution in [1.29, 1.82) is 0 Å². The van der Waals surface area contributed by atoms with Gasteiger partial charge in [0.1, 0.15) is 0 Å². The molecule has 2 saturated heterocycles. The molecule has 2 atom stereocenters. The second-order valence-electron chi connectivity index (χ2n) is 6.80. The van der Waals surface area contributed by atoms with Crippen molar-refractivity contribution in [2.45, 2.75) is 25.7 Å². The molecule has 0 aromatic rings. The van der Waals surface area contributed by atoms with Crippen LogP contribution in [0.1, 0.15) is 25.7 Å². The molecule has 0 aromatic heterocycles. The third kappa shape index (κ3) is 4.03. The molecule has 3 aliphatic heterocycles. The van der Waals surface area contributed by atoms with Gasteiger partial charge in [-0.25, -0.2) is 4.79 Å². The average Bonchev–Trinajstić information content (AvgIpc) is 2.94. The van der Waals surface area contributed by atoms with Crippen LogP contribution in [0.3, 0.4) is 0 Å². The Balaban J connectivity index is 1.68. The van der Waals surface area contributed by atoms with Crippen LogP contribution in [0.5, 0.6) is 0 Å². The van der Waals surface area contributed by atoms with Gasteiger partial charge in [0.25, 0.3) is 0 Å². The summed E-state index contributed by atoms with van der Waals surface area (Å²) in [7, 11) is 3.61. The first-order valence-corrected chi connectivity index (χ1v) is 14.0. The van der Waals surface area contributed by atoms with Gasteiger partial charge in [0, 0.05) is 31.7 Å². The molecule has 0 aromatic carbocycles. The van der Waals surface area contributed by atoms with Gasteiger partial charge in [-0.2, -0.15) is 0 Å². The summed E-state index contributed by atoms with van der Waals surface area (Å²) in [5.41, 5.74) is 0.203. The van der Waals surface area contributed by atoms with Crippen molar-refractivity contribution in [1.82, 2.24) is 15.5 Å². The predicted octanol–water partition coefficient (Wildman–Crippen LogP) is 2.85. The number of piperidine rings is 1. The number of carbonyl (C=O) groups excluding carboxylic acids is 1. The summed E-state index contributed by atoms with van der Waals surface area (Å²) < 4.78 is 10.9. The van der Waals surface area contributed by atoms with Crippen LogP contribution in [0.2, 0.25) is 0 Å². The van der Waals surface area contributed by atoms with E-state index in [-0.39, 0.29) is 32.2 Å². The van der Waals surface area contributed by atoms with Crippen molar-refractivity contribution in [3.05, 3.63) is 9.02 Å². The first kappa shape index (κ1) is 19.2. The van der Waals surface area contributed by atoms with Crippen LogP contribution in [0.4, 0.5) is 4.79 Å². The van der Waals surface area contributed by atoms with E-state index in [0.29, 0.717) is 14.2 Å². The topological polar surface area (TPSA) is 53.6 Å². The Labute approximate surface area is 158 Å². The molecule has 3 aliphatic rings. The van der Waals surface area contributed by atoms with Crippen molar-refractivity contribution in [3.63, 3.8) is 0 Å². The van der Waals surface area contributed by atoms with Gasteiger partial charge in [-0.15, -0.1) is 8.93 Å². The molecule has 24 heavy (non-hydrogen) atoms. The molecule has 2 amide bonds. The van der Waals surface area contributed by atoms with E-state index >= 15 is 0 Å². The Morgan fingerprint density at radius 2 is 2.17 bits per heavy atom. The lowest BCUT2D eigenvalue weighted by molar-refractivity contribution is 0.0665. The van der Waals surface area contributed by atoms with Gasteiger partial charge < -0.3 is 15.4 Å². The largest absolute Gasteiger partial charge is 0.381 e. The van der Waals surface area contributed by atoms with Crippen molar-refractivity contribution >= 4 is 48.5 Å². The number of nitrogens with one attached hydrogen (secondary N) is 2. The molecule has 2 N–H and O–H groups in total. The number of rotatable bonds is 4. The van der Waals surface area contributed by atoms with Gasteiger partial charge in [-0.1, -0.05) is 33.5 Å². The Hall–Kier alpha value is 0.390. The summed E-state index contributed by atoms with van der Waals surface area (Å²) in [4.78, 5) is 14.9. The van der Waals surface area contributed by atoms with Crippen LogP contribution >= 0.6 is 37.9 Å². The number of amides is 2. The second kappa shape index (κ2) is 8.85. The molecule has 136 valence electrons. The van der Waals surface area contributed by atoms with Crippen LogP contribution < -0.4 is 10.6 Å². The minimum atomic E-state index is -0.348. The maximum atomic E-state index is 12.9. The first-order valence-electron chi connectivity index (χ1n) is 8.64. The molecule has 2 unspecified atom stereocenters. The molecule has 3 rings (SSSR count). The molecule has 8 heteroatoms. The van der Waals surface area contributed by atoms with E-state index in [1.807, 2.05) is 4.90 Å². The lowest BCUT2D eigenvalue weighted by Gasteiger charge is -2.36. The predicted molar refractivity (Wildman–Crippen MR) is 114 cm³/mol. The third-order valence-corrected chi connectivity index (χ3v) is 9.67. The highest BCUT2D eigenvalue weighted by atomic mass is 127. The SMILES string of the molecule is C=IC1=C(PP)C2(CCNCC2)CN1C(=O)NCC1CCOCC1. The molecule has 3 heterocycles. The minimum absolute atomic E-state index is 0.0935. The smallest absolute Gasteiger partial charge is 0.322 e. The normalized spacial score (nSPS) is 25.1. The van der Waals surface area contributed by atoms with Crippen LogP contribution in [-0.2, 0) is 4.74 Å². The second-order valence-corrected chi connectivity index (χ2v) is 10.2. The van der Waals surface area contributed by atoms with Gasteiger partial charge in [0.15, 0.2) is 0 Å². The number of urea groups is 1. The molecule has 0 radical (unpaired) electrons. The fraction of sp³-hybridized carbons (Fsp3) is 0.750. The monoisotopic (exact) mass is 483 g/mol. The molecule has 0 bridgehead atoms. The highest BCUT2D eigenvalue weighted by Crippen LogP contribution is 2.57. The maximum Gasteiger partial charge on any atom is 0.322 e. The fourth-order valence-corrected chi connectivity index (χ4v) is 9.68. The van der Waals surface area contributed by atoms with E-state index in [9.17, 15) is 4.79 Å². The zero-order valence-corrected chi connectivity index (χ0v) is 18.4. The standard InChI is InChI=1S/C16H28IN3O2P2/c1-17-14-13(24-23)16(4-6-18-7-5-16)11-20(14)15(21)19-10-12-2-8-22-9-3-12/h12,18,24H,1-11,23H2,(H,19,21). The summed E-state index contributed by atoms with van der Waals surface area (Å²) in [6.45, 7) is 5.39. The highest BCUT2D eigenvalue weighted by Gasteiger charge is 2.46. The van der Waals surface area contributed by atoms with Crippen molar-refractivity contribution in [3.8, 4) is 0 Å². The fourth-order valence-electron chi connectivity index (χ4n) is 3.91. The molecule has 1 spiro atoms. The highest BCUT2D eigenvalue weighted by molar-refractivity contribution is 14.2. The van der Waals surface area contributed by atoms with E-state index in [1.54, 1.807) is 0 Å². The van der Waals surface area contributed by atoms with Crippen LogP contribution in [0.25, 0.3) is 0 Å². The lowest BCUT2D eigenvalue weighted by Crippen LogP contribution is -2.45. The minimum Gasteiger partial charge on any atom is -0.381 e. The van der Waals surface area contributed by atoms with E-state index < -0.39 is 0 Å². The molecule has 0 saturated carbocycles. The van der Waals surface area contributed by atoms with Crippen LogP contribution in [0.15, 0.2) is 9.02 Å². The van der Waals surface area contributed by atoms with E-state index in [0.717, 1.165) is 65.1 Å². The number of ether oxygens (including phenoxy) is 1. The number of nitrogens with zero attached hydrogens (tertiary/aromatic N) is 1. The van der Waals surface area contributed by atoms with Crippen molar-refractivity contribution in [2.24, 2.45) is 11.3 Å². The van der Waals surface area contributed by atoms with E-state index in [2.05, 4.69) is 24.1 Å². The average molecular weight is 483 g/mol. The quantitative estimate of drug-likeness (QED) is 0.368. The van der Waals surface area contributed by atoms with Gasteiger partial charge in [0.2, 0.25) is 0 Å². The van der Waals surface area contributed by atoms with Gasteiger partial charge in [0.05, 0.1) is 3.70 Å². The van der Waals surface area contributed by atoms with Crippen molar-refractivity contribution < 1.29 is 9.53 Å². The lowest BCUT2D eigenvalue weighted by atomic mass is 9.80. The molecule has 5 nitrogen and oxygen atoms in total. The number of halogens is 1. The summed E-state index contributed by atoms with van der Waals surface area (Å²) in [5, 5.41) is 8.17. The van der Waals surface area contributed by atoms with Crippen LogP contribution in [-0.4, -0.2) is 54.8 Å². The molecule has 0 aliphatic carbocycles.